The number of esters is 1. The number of nitrogens with zero attached hydrogens (tertiary/aromatic N) is 1. The van der Waals surface area contributed by atoms with E-state index in [1.54, 1.807) is 18.2 Å². The Balaban J connectivity index is 2.36. The summed E-state index contributed by atoms with van der Waals surface area (Å²) in [5, 5.41) is 3.56. The van der Waals surface area contributed by atoms with Crippen molar-refractivity contribution in [2.75, 3.05) is 0 Å². The number of hydrogen-bond donors (Lipinski definition) is 1. The molecule has 1 aromatic heterocycles. The first-order chi connectivity index (χ1) is 11.3. The van der Waals surface area contributed by atoms with Crippen LogP contribution in [-0.4, -0.2) is 24.1 Å². The molecule has 0 amide bonds. The first kappa shape index (κ1) is 18.2. The molecule has 2 aromatic rings. The Hall–Kier alpha value is -2.15. The molecule has 1 aromatic carbocycles. The number of carbonyl (C=O) groups is 1. The lowest BCUT2D eigenvalue weighted by Gasteiger charge is -2.13. The Morgan fingerprint density at radius 3 is 2.58 bits per heavy atom. The van der Waals surface area contributed by atoms with Gasteiger partial charge in [-0.15, -0.1) is 0 Å². The Kier molecular flexibility index (Phi) is 5.77. The number of rotatable bonds is 3. The molecule has 0 saturated heterocycles. The molecule has 0 unspecified atom stereocenters. The molecule has 1 heterocycles. The van der Waals surface area contributed by atoms with E-state index in [2.05, 4.69) is 26.2 Å². The van der Waals surface area contributed by atoms with Crippen molar-refractivity contribution in [1.82, 2.24) is 5.32 Å². The Morgan fingerprint density at radius 1 is 1.25 bits per heavy atom. The highest BCUT2D eigenvalue weighted by Gasteiger charge is 2.18. The van der Waals surface area contributed by atoms with E-state index in [1.807, 2.05) is 27.7 Å². The van der Waals surface area contributed by atoms with E-state index in [1.165, 1.54) is 6.07 Å². The van der Waals surface area contributed by atoms with Gasteiger partial charge in [0, 0.05) is 21.9 Å². The summed E-state index contributed by atoms with van der Waals surface area (Å²) in [5.74, 6) is -0.807. The zero-order valence-corrected chi connectivity index (χ0v) is 15.5. The monoisotopic (exact) mass is 394 g/mol. The number of amidine groups is 1. The van der Waals surface area contributed by atoms with Crippen molar-refractivity contribution in [3.63, 3.8) is 0 Å². The molecule has 6 nitrogen and oxygen atoms in total. The molecule has 0 atom stereocenters. The standard InChI is InChI=1S/C17H19BrN2O4/c1-9(2)19-17(20-10(3)4)24-16(22)13-8-11-7-12(18)5-6-14(11)23-15(13)21/h5-10H,1-4H3,(H,19,20). The van der Waals surface area contributed by atoms with Crippen LogP contribution in [0.15, 0.2) is 42.9 Å². The number of benzene rings is 1. The second-order valence-corrected chi connectivity index (χ2v) is 6.76. The van der Waals surface area contributed by atoms with Gasteiger partial charge < -0.3 is 14.5 Å². The normalized spacial score (nSPS) is 12.0. The third-order valence-electron chi connectivity index (χ3n) is 2.89. The number of nitrogens with one attached hydrogen (secondary N) is 1. The first-order valence-electron chi connectivity index (χ1n) is 7.56. The highest BCUT2D eigenvalue weighted by atomic mass is 79.9. The minimum absolute atomic E-state index is 0.0271. The van der Waals surface area contributed by atoms with Crippen molar-refractivity contribution in [2.45, 2.75) is 39.8 Å². The summed E-state index contributed by atoms with van der Waals surface area (Å²) in [4.78, 5) is 28.6. The van der Waals surface area contributed by atoms with E-state index in [9.17, 15) is 9.59 Å². The maximum atomic E-state index is 12.4. The van der Waals surface area contributed by atoms with E-state index in [-0.39, 0.29) is 23.7 Å². The van der Waals surface area contributed by atoms with Crippen LogP contribution in [0.4, 0.5) is 0 Å². The topological polar surface area (TPSA) is 80.9 Å². The molecule has 0 fully saturated rings. The maximum Gasteiger partial charge on any atom is 0.353 e. The number of halogens is 1. The van der Waals surface area contributed by atoms with Crippen molar-refractivity contribution in [3.05, 3.63) is 44.7 Å². The van der Waals surface area contributed by atoms with E-state index < -0.39 is 11.6 Å². The zero-order chi connectivity index (χ0) is 17.9. The van der Waals surface area contributed by atoms with Gasteiger partial charge in [-0.05, 0) is 52.0 Å². The summed E-state index contributed by atoms with van der Waals surface area (Å²) in [5.41, 5.74) is -0.526. The summed E-state index contributed by atoms with van der Waals surface area (Å²) >= 11 is 3.34. The predicted octanol–water partition coefficient (Wildman–Crippen LogP) is 3.47. The van der Waals surface area contributed by atoms with Crippen LogP contribution in [0.1, 0.15) is 38.1 Å². The van der Waals surface area contributed by atoms with Crippen molar-refractivity contribution >= 4 is 38.9 Å². The summed E-state index contributed by atoms with van der Waals surface area (Å²) < 4.78 is 11.2. The molecule has 128 valence electrons. The lowest BCUT2D eigenvalue weighted by atomic mass is 10.2. The molecule has 7 heteroatoms. The minimum Gasteiger partial charge on any atom is -0.422 e. The SMILES string of the molecule is CC(C)N=C(NC(C)C)OC(=O)c1cc2cc(Br)ccc2oc1=O. The average Bonchev–Trinajstić information content (AvgIpc) is 2.45. The largest absolute Gasteiger partial charge is 0.422 e. The number of fused-ring (bicyclic) bond motifs is 1. The highest BCUT2D eigenvalue weighted by molar-refractivity contribution is 9.10. The molecule has 24 heavy (non-hydrogen) atoms. The van der Waals surface area contributed by atoms with E-state index >= 15 is 0 Å². The predicted molar refractivity (Wildman–Crippen MR) is 96.4 cm³/mol. The Labute approximate surface area is 148 Å². The van der Waals surface area contributed by atoms with Gasteiger partial charge in [-0.1, -0.05) is 15.9 Å². The number of ether oxygens (including phenoxy) is 1. The van der Waals surface area contributed by atoms with Crippen LogP contribution in [0, 0.1) is 0 Å². The van der Waals surface area contributed by atoms with Gasteiger partial charge in [0.2, 0.25) is 0 Å². The summed E-state index contributed by atoms with van der Waals surface area (Å²) in [6.07, 6.45) is 0. The van der Waals surface area contributed by atoms with Crippen molar-refractivity contribution < 1.29 is 13.9 Å². The quantitative estimate of drug-likeness (QED) is 0.373. The maximum absolute atomic E-state index is 12.4. The average molecular weight is 395 g/mol. The fourth-order valence-corrected chi connectivity index (χ4v) is 2.33. The van der Waals surface area contributed by atoms with Crippen LogP contribution in [0.2, 0.25) is 0 Å². The molecule has 0 bridgehead atoms. The highest BCUT2D eigenvalue weighted by Crippen LogP contribution is 2.19. The van der Waals surface area contributed by atoms with Gasteiger partial charge in [-0.2, -0.15) is 0 Å². The molecule has 0 saturated carbocycles. The molecule has 0 aliphatic carbocycles. The van der Waals surface area contributed by atoms with Gasteiger partial charge in [-0.3, -0.25) is 0 Å². The van der Waals surface area contributed by atoms with Gasteiger partial charge in [0.05, 0.1) is 0 Å². The number of aliphatic imine (C=N–C) groups is 1. The van der Waals surface area contributed by atoms with Crippen LogP contribution in [-0.2, 0) is 4.74 Å². The van der Waals surface area contributed by atoms with Crippen molar-refractivity contribution in [2.24, 2.45) is 4.99 Å². The van der Waals surface area contributed by atoms with Crippen molar-refractivity contribution in [1.29, 1.82) is 0 Å². The van der Waals surface area contributed by atoms with Crippen LogP contribution in [0.5, 0.6) is 0 Å². The Morgan fingerprint density at radius 2 is 1.96 bits per heavy atom. The lowest BCUT2D eigenvalue weighted by molar-refractivity contribution is 0.0701. The summed E-state index contributed by atoms with van der Waals surface area (Å²) in [7, 11) is 0. The summed E-state index contributed by atoms with van der Waals surface area (Å²) in [6, 6.07) is 6.66. The minimum atomic E-state index is -0.807. The van der Waals surface area contributed by atoms with Crippen LogP contribution >= 0.6 is 15.9 Å². The van der Waals surface area contributed by atoms with Gasteiger partial charge in [0.25, 0.3) is 6.02 Å². The number of hydrogen-bond acceptors (Lipinski definition) is 5. The van der Waals surface area contributed by atoms with Crippen LogP contribution in [0.25, 0.3) is 11.0 Å². The second kappa shape index (κ2) is 7.61. The zero-order valence-electron chi connectivity index (χ0n) is 13.9. The Bertz CT molecular complexity index is 840. The van der Waals surface area contributed by atoms with Gasteiger partial charge in [-0.25, -0.2) is 14.6 Å². The molecule has 0 aliphatic heterocycles. The van der Waals surface area contributed by atoms with Crippen molar-refractivity contribution in [3.8, 4) is 0 Å². The summed E-state index contributed by atoms with van der Waals surface area (Å²) in [6.45, 7) is 7.51. The number of carbonyl (C=O) groups excluding carboxylic acids is 1. The molecular formula is C17H19BrN2O4. The van der Waals surface area contributed by atoms with E-state index in [0.717, 1.165) is 4.47 Å². The van der Waals surface area contributed by atoms with E-state index in [4.69, 9.17) is 9.15 Å². The fraction of sp³-hybridized carbons (Fsp3) is 0.353. The van der Waals surface area contributed by atoms with Gasteiger partial charge in [0.1, 0.15) is 11.1 Å². The molecule has 0 spiro atoms. The first-order valence-corrected chi connectivity index (χ1v) is 8.35. The molecule has 0 aliphatic rings. The fourth-order valence-electron chi connectivity index (χ4n) is 1.95. The second-order valence-electron chi connectivity index (χ2n) is 5.85. The van der Waals surface area contributed by atoms with Gasteiger partial charge in [0.15, 0.2) is 0 Å². The smallest absolute Gasteiger partial charge is 0.353 e. The molecule has 2 rings (SSSR count). The lowest BCUT2D eigenvalue weighted by Crippen LogP contribution is -2.35. The molecule has 1 N–H and O–H groups in total. The van der Waals surface area contributed by atoms with Crippen LogP contribution in [0.3, 0.4) is 0 Å². The third kappa shape index (κ3) is 4.67. The van der Waals surface area contributed by atoms with Crippen LogP contribution < -0.4 is 10.9 Å². The molecular weight excluding hydrogens is 376 g/mol. The molecule has 0 radical (unpaired) electrons. The third-order valence-corrected chi connectivity index (χ3v) is 3.38. The van der Waals surface area contributed by atoms with E-state index in [0.29, 0.717) is 11.0 Å². The van der Waals surface area contributed by atoms with Gasteiger partial charge >= 0.3 is 11.6 Å².